The molecule has 13 heavy (non-hydrogen) atoms. The molecule has 0 aliphatic carbocycles. The lowest BCUT2D eigenvalue weighted by Crippen LogP contribution is -2.31. The van der Waals surface area contributed by atoms with Crippen LogP contribution in [-0.2, 0) is 6.54 Å². The van der Waals surface area contributed by atoms with Crippen LogP contribution in [0.15, 0.2) is 24.3 Å². The number of rotatable bonds is 2. The van der Waals surface area contributed by atoms with Gasteiger partial charge in [0.15, 0.2) is 5.11 Å². The molecule has 2 nitrogen and oxygen atoms in total. The highest BCUT2D eigenvalue weighted by Gasteiger charge is 2.00. The van der Waals surface area contributed by atoms with Crippen LogP contribution in [0.2, 0.25) is 5.02 Å². The van der Waals surface area contributed by atoms with Gasteiger partial charge < -0.3 is 10.6 Å². The fourth-order valence-corrected chi connectivity index (χ4v) is 1.26. The van der Waals surface area contributed by atoms with E-state index in [1.807, 2.05) is 31.3 Å². The van der Waals surface area contributed by atoms with Crippen molar-refractivity contribution in [3.63, 3.8) is 0 Å². The molecule has 0 aliphatic heterocycles. The van der Waals surface area contributed by atoms with E-state index in [0.717, 1.165) is 10.6 Å². The van der Waals surface area contributed by atoms with E-state index in [0.29, 0.717) is 11.7 Å². The third-order valence-electron chi connectivity index (χ3n) is 1.68. The maximum absolute atomic E-state index is 5.83. The van der Waals surface area contributed by atoms with E-state index in [2.05, 4.69) is 0 Å². The van der Waals surface area contributed by atoms with E-state index in [1.165, 1.54) is 0 Å². The molecule has 70 valence electrons. The third-order valence-corrected chi connectivity index (χ3v) is 2.23. The van der Waals surface area contributed by atoms with Gasteiger partial charge in [-0.15, -0.1) is 0 Å². The SMILES string of the molecule is CN(Cc1cccc(Cl)c1)C(N)=S. The van der Waals surface area contributed by atoms with Crippen LogP contribution < -0.4 is 5.73 Å². The van der Waals surface area contributed by atoms with E-state index in [4.69, 9.17) is 29.6 Å². The van der Waals surface area contributed by atoms with Crippen molar-refractivity contribution in [2.45, 2.75) is 6.54 Å². The molecule has 0 fully saturated rings. The van der Waals surface area contributed by atoms with Crippen molar-refractivity contribution in [2.75, 3.05) is 7.05 Å². The van der Waals surface area contributed by atoms with Gasteiger partial charge in [-0.25, -0.2) is 0 Å². The Kier molecular flexibility index (Phi) is 3.51. The fourth-order valence-electron chi connectivity index (χ4n) is 0.987. The number of benzene rings is 1. The molecule has 0 unspecified atom stereocenters. The van der Waals surface area contributed by atoms with Crippen LogP contribution in [-0.4, -0.2) is 17.1 Å². The molecule has 0 aliphatic rings. The summed E-state index contributed by atoms with van der Waals surface area (Å²) >= 11 is 10.6. The molecule has 0 heterocycles. The van der Waals surface area contributed by atoms with E-state index < -0.39 is 0 Å². The summed E-state index contributed by atoms with van der Waals surface area (Å²) in [5, 5.41) is 1.12. The molecule has 2 N–H and O–H groups in total. The summed E-state index contributed by atoms with van der Waals surface area (Å²) < 4.78 is 0. The summed E-state index contributed by atoms with van der Waals surface area (Å²) in [4.78, 5) is 1.79. The maximum Gasteiger partial charge on any atom is 0.166 e. The zero-order valence-electron chi connectivity index (χ0n) is 7.33. The van der Waals surface area contributed by atoms with Crippen LogP contribution in [0.4, 0.5) is 0 Å². The second-order valence-electron chi connectivity index (χ2n) is 2.82. The van der Waals surface area contributed by atoms with Gasteiger partial charge in [0.05, 0.1) is 0 Å². The standard InChI is InChI=1S/C9H11ClN2S/c1-12(9(11)13)6-7-3-2-4-8(10)5-7/h2-5H,6H2,1H3,(H2,11,13). The van der Waals surface area contributed by atoms with E-state index in [-0.39, 0.29) is 0 Å². The quantitative estimate of drug-likeness (QED) is 0.764. The first-order valence-electron chi connectivity index (χ1n) is 3.84. The van der Waals surface area contributed by atoms with Gasteiger partial charge in [0.1, 0.15) is 0 Å². The summed E-state index contributed by atoms with van der Waals surface area (Å²) in [6, 6.07) is 7.63. The van der Waals surface area contributed by atoms with Crippen molar-refractivity contribution in [3.05, 3.63) is 34.9 Å². The number of thiocarbonyl (C=S) groups is 1. The molecule has 0 radical (unpaired) electrons. The lowest BCUT2D eigenvalue weighted by atomic mass is 10.2. The largest absolute Gasteiger partial charge is 0.376 e. The average molecular weight is 215 g/mol. The first kappa shape index (κ1) is 10.3. The Morgan fingerprint density at radius 1 is 1.62 bits per heavy atom. The predicted octanol–water partition coefficient (Wildman–Crippen LogP) is 2.02. The third kappa shape index (κ3) is 3.20. The molecule has 1 rings (SSSR count). The minimum atomic E-state index is 0.389. The number of nitrogens with zero attached hydrogens (tertiary/aromatic N) is 1. The topological polar surface area (TPSA) is 29.3 Å². The number of hydrogen-bond donors (Lipinski definition) is 1. The molecular formula is C9H11ClN2S. The van der Waals surface area contributed by atoms with Crippen LogP contribution in [0.3, 0.4) is 0 Å². The van der Waals surface area contributed by atoms with Crippen LogP contribution in [0.25, 0.3) is 0 Å². The van der Waals surface area contributed by atoms with Crippen LogP contribution in [0, 0.1) is 0 Å². The Hall–Kier alpha value is -0.800. The smallest absolute Gasteiger partial charge is 0.166 e. The minimum Gasteiger partial charge on any atom is -0.376 e. The maximum atomic E-state index is 5.83. The normalized spacial score (nSPS) is 9.69. The lowest BCUT2D eigenvalue weighted by Gasteiger charge is -2.16. The molecule has 4 heteroatoms. The Bertz CT molecular complexity index is 314. The molecule has 0 saturated carbocycles. The van der Waals surface area contributed by atoms with Crippen molar-refractivity contribution >= 4 is 28.9 Å². The first-order valence-corrected chi connectivity index (χ1v) is 4.63. The molecular weight excluding hydrogens is 204 g/mol. The van der Waals surface area contributed by atoms with Crippen molar-refractivity contribution < 1.29 is 0 Å². The second kappa shape index (κ2) is 4.44. The highest BCUT2D eigenvalue weighted by molar-refractivity contribution is 7.80. The summed E-state index contributed by atoms with van der Waals surface area (Å²) in [6.45, 7) is 0.690. The van der Waals surface area contributed by atoms with Crippen LogP contribution in [0.1, 0.15) is 5.56 Å². The zero-order chi connectivity index (χ0) is 9.84. The van der Waals surface area contributed by atoms with Gasteiger partial charge in [-0.05, 0) is 29.9 Å². The van der Waals surface area contributed by atoms with Gasteiger partial charge in [0.2, 0.25) is 0 Å². The average Bonchev–Trinajstić information content (AvgIpc) is 2.04. The van der Waals surface area contributed by atoms with Gasteiger partial charge in [-0.2, -0.15) is 0 Å². The van der Waals surface area contributed by atoms with Crippen molar-refractivity contribution in [1.82, 2.24) is 4.90 Å². The highest BCUT2D eigenvalue weighted by Crippen LogP contribution is 2.11. The molecule has 0 aromatic heterocycles. The zero-order valence-corrected chi connectivity index (χ0v) is 8.90. The molecule has 0 atom stereocenters. The fraction of sp³-hybridized carbons (Fsp3) is 0.222. The highest BCUT2D eigenvalue weighted by atomic mass is 35.5. The molecule has 0 saturated heterocycles. The van der Waals surface area contributed by atoms with Gasteiger partial charge in [-0.3, -0.25) is 0 Å². The van der Waals surface area contributed by atoms with Crippen LogP contribution >= 0.6 is 23.8 Å². The molecule has 0 bridgehead atoms. The summed E-state index contributed by atoms with van der Waals surface area (Å²) in [5.41, 5.74) is 6.55. The van der Waals surface area contributed by atoms with Crippen molar-refractivity contribution in [1.29, 1.82) is 0 Å². The molecule has 0 amide bonds. The Morgan fingerprint density at radius 3 is 2.85 bits per heavy atom. The van der Waals surface area contributed by atoms with Crippen LogP contribution in [0.5, 0.6) is 0 Å². The minimum absolute atomic E-state index is 0.389. The summed E-state index contributed by atoms with van der Waals surface area (Å²) in [6.07, 6.45) is 0. The molecule has 1 aromatic rings. The number of nitrogens with two attached hydrogens (primary N) is 1. The number of halogens is 1. The van der Waals surface area contributed by atoms with Crippen molar-refractivity contribution in [3.8, 4) is 0 Å². The Morgan fingerprint density at radius 2 is 2.31 bits per heavy atom. The lowest BCUT2D eigenvalue weighted by molar-refractivity contribution is 0.504. The number of hydrogen-bond acceptors (Lipinski definition) is 1. The van der Waals surface area contributed by atoms with Gasteiger partial charge >= 0.3 is 0 Å². The first-order chi connectivity index (χ1) is 6.09. The molecule has 0 spiro atoms. The van der Waals surface area contributed by atoms with E-state index in [1.54, 1.807) is 4.90 Å². The summed E-state index contributed by atoms with van der Waals surface area (Å²) in [7, 11) is 1.85. The van der Waals surface area contributed by atoms with Crippen molar-refractivity contribution in [2.24, 2.45) is 5.73 Å². The van der Waals surface area contributed by atoms with Gasteiger partial charge in [-0.1, -0.05) is 23.7 Å². The summed E-state index contributed by atoms with van der Waals surface area (Å²) in [5.74, 6) is 0. The second-order valence-corrected chi connectivity index (χ2v) is 3.68. The molecule has 1 aromatic carbocycles. The predicted molar refractivity (Wildman–Crippen MR) is 59.7 cm³/mol. The Labute approximate surface area is 88.3 Å². The van der Waals surface area contributed by atoms with Gasteiger partial charge in [0.25, 0.3) is 0 Å². The van der Waals surface area contributed by atoms with E-state index in [9.17, 15) is 0 Å². The Balaban J connectivity index is 2.69. The van der Waals surface area contributed by atoms with E-state index >= 15 is 0 Å². The monoisotopic (exact) mass is 214 g/mol. The van der Waals surface area contributed by atoms with Gasteiger partial charge in [0, 0.05) is 18.6 Å².